The Morgan fingerprint density at radius 3 is 2.93 bits per heavy atom. The fourth-order valence-electron chi connectivity index (χ4n) is 1.92. The van der Waals surface area contributed by atoms with Crippen LogP contribution in [0.5, 0.6) is 5.75 Å². The first-order valence-electron chi connectivity index (χ1n) is 4.80. The van der Waals surface area contributed by atoms with Gasteiger partial charge in [0, 0.05) is 10.6 Å². The van der Waals surface area contributed by atoms with Crippen LogP contribution in [0.25, 0.3) is 0 Å². The van der Waals surface area contributed by atoms with Gasteiger partial charge in [0.1, 0.15) is 5.75 Å². The molecule has 76 valence electrons. The monoisotopic (exact) mass is 211 g/mol. The fourth-order valence-corrected chi connectivity index (χ4v) is 2.22. The standard InChI is InChI=1S/C11H14ClNO/c1-14-10-4-2-3-9(12)11(10)8-5-7(8)6-13/h2-4,7-8H,5-6,13H2,1H3/t7-,8+/m0/s1. The maximum atomic E-state index is 6.14. The highest BCUT2D eigenvalue weighted by atomic mass is 35.5. The molecule has 2 rings (SSSR count). The van der Waals surface area contributed by atoms with E-state index >= 15 is 0 Å². The Hall–Kier alpha value is -0.730. The van der Waals surface area contributed by atoms with E-state index in [-0.39, 0.29) is 0 Å². The first-order valence-corrected chi connectivity index (χ1v) is 5.18. The Morgan fingerprint density at radius 1 is 1.57 bits per heavy atom. The van der Waals surface area contributed by atoms with Gasteiger partial charge in [0.25, 0.3) is 0 Å². The summed E-state index contributed by atoms with van der Waals surface area (Å²) in [6.07, 6.45) is 1.14. The molecule has 2 atom stereocenters. The predicted octanol–water partition coefficient (Wildman–Crippen LogP) is 2.41. The van der Waals surface area contributed by atoms with Crippen molar-refractivity contribution in [1.29, 1.82) is 0 Å². The third-order valence-electron chi connectivity index (χ3n) is 2.83. The topological polar surface area (TPSA) is 35.2 Å². The molecule has 3 heteroatoms. The SMILES string of the molecule is COc1cccc(Cl)c1[C@@H]1C[C@H]1CN. The van der Waals surface area contributed by atoms with Gasteiger partial charge in [-0.15, -0.1) is 0 Å². The number of benzene rings is 1. The van der Waals surface area contributed by atoms with Crippen LogP contribution < -0.4 is 10.5 Å². The van der Waals surface area contributed by atoms with Gasteiger partial charge in [-0.25, -0.2) is 0 Å². The molecular formula is C11H14ClNO. The lowest BCUT2D eigenvalue weighted by molar-refractivity contribution is 0.409. The molecule has 0 radical (unpaired) electrons. The molecule has 14 heavy (non-hydrogen) atoms. The van der Waals surface area contributed by atoms with Crippen LogP contribution in [0.2, 0.25) is 5.02 Å². The van der Waals surface area contributed by atoms with Gasteiger partial charge in [0.05, 0.1) is 7.11 Å². The van der Waals surface area contributed by atoms with Crippen molar-refractivity contribution in [2.75, 3.05) is 13.7 Å². The first kappa shape index (κ1) is 9.81. The largest absolute Gasteiger partial charge is 0.496 e. The first-order chi connectivity index (χ1) is 6.77. The molecule has 1 saturated carbocycles. The highest BCUT2D eigenvalue weighted by molar-refractivity contribution is 6.31. The zero-order chi connectivity index (χ0) is 10.1. The summed E-state index contributed by atoms with van der Waals surface area (Å²) in [4.78, 5) is 0. The molecule has 1 aromatic carbocycles. The van der Waals surface area contributed by atoms with Gasteiger partial charge < -0.3 is 10.5 Å². The molecule has 1 aliphatic rings. The summed E-state index contributed by atoms with van der Waals surface area (Å²) >= 11 is 6.14. The van der Waals surface area contributed by atoms with E-state index in [9.17, 15) is 0 Å². The van der Waals surface area contributed by atoms with Crippen LogP contribution in [0.3, 0.4) is 0 Å². The Kier molecular flexibility index (Phi) is 2.66. The van der Waals surface area contributed by atoms with Crippen molar-refractivity contribution in [1.82, 2.24) is 0 Å². The van der Waals surface area contributed by atoms with Crippen molar-refractivity contribution < 1.29 is 4.74 Å². The molecule has 0 bridgehead atoms. The van der Waals surface area contributed by atoms with Gasteiger partial charge >= 0.3 is 0 Å². The van der Waals surface area contributed by atoms with Crippen molar-refractivity contribution in [2.45, 2.75) is 12.3 Å². The van der Waals surface area contributed by atoms with E-state index in [1.165, 1.54) is 0 Å². The zero-order valence-electron chi connectivity index (χ0n) is 8.16. The van der Waals surface area contributed by atoms with E-state index in [4.69, 9.17) is 22.1 Å². The number of nitrogens with two attached hydrogens (primary N) is 1. The molecule has 0 saturated heterocycles. The van der Waals surface area contributed by atoms with Crippen LogP contribution in [0, 0.1) is 5.92 Å². The molecule has 1 aliphatic carbocycles. The zero-order valence-corrected chi connectivity index (χ0v) is 8.92. The Bertz CT molecular complexity index is 340. The Morgan fingerprint density at radius 2 is 2.36 bits per heavy atom. The summed E-state index contributed by atoms with van der Waals surface area (Å²) in [6, 6.07) is 5.77. The second kappa shape index (κ2) is 3.79. The number of methoxy groups -OCH3 is 1. The van der Waals surface area contributed by atoms with E-state index in [2.05, 4.69) is 0 Å². The molecule has 0 heterocycles. The molecule has 1 fully saturated rings. The molecule has 1 aromatic rings. The van der Waals surface area contributed by atoms with Crippen molar-refractivity contribution in [3.05, 3.63) is 28.8 Å². The third kappa shape index (κ3) is 1.60. The molecular weight excluding hydrogens is 198 g/mol. The van der Waals surface area contributed by atoms with Crippen molar-refractivity contribution >= 4 is 11.6 Å². The predicted molar refractivity (Wildman–Crippen MR) is 57.9 cm³/mol. The van der Waals surface area contributed by atoms with Crippen LogP contribution in [0.4, 0.5) is 0 Å². The average Bonchev–Trinajstić information content (AvgIpc) is 2.96. The molecule has 2 nitrogen and oxygen atoms in total. The third-order valence-corrected chi connectivity index (χ3v) is 3.16. The van der Waals surface area contributed by atoms with E-state index < -0.39 is 0 Å². The molecule has 0 amide bonds. The Labute approximate surface area is 89.0 Å². The average molecular weight is 212 g/mol. The molecule has 0 aromatic heterocycles. The number of hydrogen-bond acceptors (Lipinski definition) is 2. The minimum absolute atomic E-state index is 0.503. The van der Waals surface area contributed by atoms with Gasteiger partial charge in [0.15, 0.2) is 0 Å². The lowest BCUT2D eigenvalue weighted by Gasteiger charge is -2.09. The molecule has 0 aliphatic heterocycles. The molecule has 2 N–H and O–H groups in total. The van der Waals surface area contributed by atoms with E-state index in [0.717, 1.165) is 29.3 Å². The summed E-state index contributed by atoms with van der Waals surface area (Å²) in [5, 5.41) is 0.797. The number of halogens is 1. The van der Waals surface area contributed by atoms with Crippen LogP contribution in [0.15, 0.2) is 18.2 Å². The minimum Gasteiger partial charge on any atom is -0.496 e. The van der Waals surface area contributed by atoms with Crippen molar-refractivity contribution in [3.63, 3.8) is 0 Å². The minimum atomic E-state index is 0.503. The van der Waals surface area contributed by atoms with Crippen LogP contribution >= 0.6 is 11.6 Å². The lowest BCUT2D eigenvalue weighted by Crippen LogP contribution is -2.02. The van der Waals surface area contributed by atoms with Gasteiger partial charge in [0.2, 0.25) is 0 Å². The Balaban J connectivity index is 2.32. The van der Waals surface area contributed by atoms with Gasteiger partial charge in [-0.1, -0.05) is 17.7 Å². The fraction of sp³-hybridized carbons (Fsp3) is 0.455. The van der Waals surface area contributed by atoms with Gasteiger partial charge in [-0.05, 0) is 36.9 Å². The smallest absolute Gasteiger partial charge is 0.123 e. The highest BCUT2D eigenvalue weighted by Crippen LogP contribution is 2.51. The summed E-state index contributed by atoms with van der Waals surface area (Å²) in [6.45, 7) is 0.735. The number of ether oxygens (including phenoxy) is 1. The van der Waals surface area contributed by atoms with E-state index in [1.54, 1.807) is 7.11 Å². The van der Waals surface area contributed by atoms with E-state index in [0.29, 0.717) is 11.8 Å². The second-order valence-electron chi connectivity index (χ2n) is 3.69. The van der Waals surface area contributed by atoms with Crippen LogP contribution in [-0.2, 0) is 0 Å². The van der Waals surface area contributed by atoms with Crippen LogP contribution in [0.1, 0.15) is 17.9 Å². The van der Waals surface area contributed by atoms with Gasteiger partial charge in [-0.3, -0.25) is 0 Å². The number of rotatable bonds is 3. The van der Waals surface area contributed by atoms with E-state index in [1.807, 2.05) is 18.2 Å². The summed E-state index contributed by atoms with van der Waals surface area (Å²) in [7, 11) is 1.68. The molecule has 0 spiro atoms. The summed E-state index contributed by atoms with van der Waals surface area (Å²) < 4.78 is 5.30. The highest BCUT2D eigenvalue weighted by Gasteiger charge is 2.39. The van der Waals surface area contributed by atoms with Crippen molar-refractivity contribution in [2.24, 2.45) is 11.7 Å². The summed E-state index contributed by atoms with van der Waals surface area (Å²) in [5.41, 5.74) is 6.75. The second-order valence-corrected chi connectivity index (χ2v) is 4.10. The summed E-state index contributed by atoms with van der Waals surface area (Å²) in [5.74, 6) is 1.98. The quantitative estimate of drug-likeness (QED) is 0.834. The lowest BCUT2D eigenvalue weighted by atomic mass is 10.1. The number of hydrogen-bond donors (Lipinski definition) is 1. The van der Waals surface area contributed by atoms with Crippen molar-refractivity contribution in [3.8, 4) is 5.75 Å². The van der Waals surface area contributed by atoms with Gasteiger partial charge in [-0.2, -0.15) is 0 Å². The molecule has 0 unspecified atom stereocenters. The van der Waals surface area contributed by atoms with Crippen LogP contribution in [-0.4, -0.2) is 13.7 Å². The normalized spacial score (nSPS) is 24.8. The maximum Gasteiger partial charge on any atom is 0.123 e. The maximum absolute atomic E-state index is 6.14.